The van der Waals surface area contributed by atoms with E-state index in [9.17, 15) is 0 Å². The summed E-state index contributed by atoms with van der Waals surface area (Å²) in [7, 11) is 0. The third-order valence-electron chi connectivity index (χ3n) is 3.05. The van der Waals surface area contributed by atoms with Gasteiger partial charge in [0.1, 0.15) is 0 Å². The Kier molecular flexibility index (Phi) is 4.23. The Hall–Kier alpha value is -1.26. The Balaban J connectivity index is 1.77. The van der Waals surface area contributed by atoms with E-state index < -0.39 is 0 Å². The lowest BCUT2D eigenvalue weighted by Gasteiger charge is -2.26. The normalized spacial score (nSPS) is 17.0. The molecule has 4 nitrogen and oxygen atoms in total. The Morgan fingerprint density at radius 2 is 2.12 bits per heavy atom. The van der Waals surface area contributed by atoms with Gasteiger partial charge in [-0.2, -0.15) is 0 Å². The molecular formula is C13H21N3O. The van der Waals surface area contributed by atoms with E-state index in [1.54, 1.807) is 0 Å². The molecule has 0 unspecified atom stereocenters. The monoisotopic (exact) mass is 235 g/mol. The second-order valence-corrected chi connectivity index (χ2v) is 4.47. The first-order valence-corrected chi connectivity index (χ1v) is 6.16. The van der Waals surface area contributed by atoms with E-state index >= 15 is 0 Å². The van der Waals surface area contributed by atoms with Gasteiger partial charge in [0.15, 0.2) is 0 Å². The molecule has 1 saturated heterocycles. The fourth-order valence-corrected chi connectivity index (χ4v) is 2.02. The largest absolute Gasteiger partial charge is 0.397 e. The molecule has 0 spiro atoms. The van der Waals surface area contributed by atoms with Gasteiger partial charge in [-0.1, -0.05) is 6.07 Å². The number of nitrogen functional groups attached to an aromatic ring is 1. The van der Waals surface area contributed by atoms with Crippen LogP contribution >= 0.6 is 0 Å². The van der Waals surface area contributed by atoms with Crippen LogP contribution in [0, 0.1) is 6.92 Å². The molecule has 1 aliphatic rings. The summed E-state index contributed by atoms with van der Waals surface area (Å²) in [5.41, 5.74) is 9.00. The van der Waals surface area contributed by atoms with Crippen molar-refractivity contribution in [1.82, 2.24) is 4.90 Å². The maximum Gasteiger partial charge on any atom is 0.0594 e. The van der Waals surface area contributed by atoms with Crippen LogP contribution in [0.5, 0.6) is 0 Å². The van der Waals surface area contributed by atoms with Crippen molar-refractivity contribution in [2.24, 2.45) is 0 Å². The molecule has 0 radical (unpaired) electrons. The minimum atomic E-state index is 0.826. The highest BCUT2D eigenvalue weighted by atomic mass is 16.5. The molecule has 17 heavy (non-hydrogen) atoms. The second kappa shape index (κ2) is 5.89. The molecule has 94 valence electrons. The molecule has 0 aliphatic carbocycles. The summed E-state index contributed by atoms with van der Waals surface area (Å²) in [6, 6.07) is 6.12. The maximum absolute atomic E-state index is 5.94. The Bertz CT molecular complexity index is 362. The minimum absolute atomic E-state index is 0.826. The predicted octanol–water partition coefficient (Wildman–Crippen LogP) is 1.32. The van der Waals surface area contributed by atoms with Gasteiger partial charge >= 0.3 is 0 Å². The highest BCUT2D eigenvalue weighted by molar-refractivity contribution is 5.66. The quantitative estimate of drug-likeness (QED) is 0.773. The van der Waals surface area contributed by atoms with Crippen LogP contribution in [0.25, 0.3) is 0 Å². The smallest absolute Gasteiger partial charge is 0.0594 e. The molecule has 0 amide bonds. The van der Waals surface area contributed by atoms with Crippen LogP contribution in [0.1, 0.15) is 5.56 Å². The van der Waals surface area contributed by atoms with Gasteiger partial charge in [0.05, 0.1) is 24.6 Å². The molecule has 0 bridgehead atoms. The third kappa shape index (κ3) is 3.61. The molecule has 0 atom stereocenters. The maximum atomic E-state index is 5.94. The first-order chi connectivity index (χ1) is 8.25. The lowest BCUT2D eigenvalue weighted by molar-refractivity contribution is 0.0398. The van der Waals surface area contributed by atoms with Crippen molar-refractivity contribution in [1.29, 1.82) is 0 Å². The molecule has 1 aromatic rings. The molecule has 4 heteroatoms. The number of ether oxygens (including phenoxy) is 1. The molecule has 2 rings (SSSR count). The van der Waals surface area contributed by atoms with Gasteiger partial charge in [-0.25, -0.2) is 0 Å². The first kappa shape index (κ1) is 12.2. The van der Waals surface area contributed by atoms with Crippen LogP contribution in [0.4, 0.5) is 11.4 Å². The molecule has 1 fully saturated rings. The molecule has 1 aromatic carbocycles. The van der Waals surface area contributed by atoms with E-state index in [0.717, 1.165) is 50.8 Å². The van der Waals surface area contributed by atoms with Gasteiger partial charge in [-0.15, -0.1) is 0 Å². The number of rotatable bonds is 4. The number of benzene rings is 1. The standard InChI is InChI=1S/C13H21N3O/c1-11-2-3-13(12(14)10-11)15-4-5-16-6-8-17-9-7-16/h2-3,10,15H,4-9,14H2,1H3. The van der Waals surface area contributed by atoms with E-state index in [4.69, 9.17) is 10.5 Å². The Morgan fingerprint density at radius 1 is 1.35 bits per heavy atom. The number of anilines is 2. The lowest BCUT2D eigenvalue weighted by atomic mass is 10.2. The molecule has 0 saturated carbocycles. The molecule has 0 aromatic heterocycles. The highest BCUT2D eigenvalue weighted by Gasteiger charge is 2.09. The van der Waals surface area contributed by atoms with Gasteiger partial charge in [-0.05, 0) is 24.6 Å². The number of hydrogen-bond donors (Lipinski definition) is 2. The number of hydrogen-bond acceptors (Lipinski definition) is 4. The van der Waals surface area contributed by atoms with Crippen LogP contribution in [-0.4, -0.2) is 44.3 Å². The summed E-state index contributed by atoms with van der Waals surface area (Å²) >= 11 is 0. The van der Waals surface area contributed by atoms with Gasteiger partial charge < -0.3 is 15.8 Å². The van der Waals surface area contributed by atoms with E-state index in [1.807, 2.05) is 19.1 Å². The van der Waals surface area contributed by atoms with Crippen LogP contribution in [-0.2, 0) is 4.74 Å². The molecular weight excluding hydrogens is 214 g/mol. The summed E-state index contributed by atoms with van der Waals surface area (Å²) in [6.07, 6.45) is 0. The number of nitrogens with two attached hydrogens (primary N) is 1. The second-order valence-electron chi connectivity index (χ2n) is 4.47. The van der Waals surface area contributed by atoms with Crippen LogP contribution in [0.15, 0.2) is 18.2 Å². The predicted molar refractivity (Wildman–Crippen MR) is 71.3 cm³/mol. The van der Waals surface area contributed by atoms with Crippen LogP contribution in [0.2, 0.25) is 0 Å². The van der Waals surface area contributed by atoms with E-state index in [1.165, 1.54) is 5.56 Å². The number of nitrogens with one attached hydrogen (secondary N) is 1. The van der Waals surface area contributed by atoms with Gasteiger partial charge in [0.25, 0.3) is 0 Å². The number of aryl methyl sites for hydroxylation is 1. The van der Waals surface area contributed by atoms with Crippen molar-refractivity contribution < 1.29 is 4.74 Å². The third-order valence-corrected chi connectivity index (χ3v) is 3.05. The zero-order valence-electron chi connectivity index (χ0n) is 10.4. The summed E-state index contributed by atoms with van der Waals surface area (Å²) in [6.45, 7) is 7.78. The van der Waals surface area contributed by atoms with Crippen molar-refractivity contribution in [2.45, 2.75) is 6.92 Å². The zero-order chi connectivity index (χ0) is 12.1. The average molecular weight is 235 g/mol. The summed E-state index contributed by atoms with van der Waals surface area (Å²) in [4.78, 5) is 2.40. The highest BCUT2D eigenvalue weighted by Crippen LogP contribution is 2.18. The first-order valence-electron chi connectivity index (χ1n) is 6.16. The average Bonchev–Trinajstić information content (AvgIpc) is 2.33. The number of nitrogens with zero attached hydrogens (tertiary/aromatic N) is 1. The van der Waals surface area contributed by atoms with Crippen molar-refractivity contribution in [2.75, 3.05) is 50.4 Å². The van der Waals surface area contributed by atoms with Crippen molar-refractivity contribution >= 4 is 11.4 Å². The summed E-state index contributed by atoms with van der Waals surface area (Å²) < 4.78 is 5.31. The Morgan fingerprint density at radius 3 is 2.82 bits per heavy atom. The zero-order valence-corrected chi connectivity index (χ0v) is 10.4. The fourth-order valence-electron chi connectivity index (χ4n) is 2.02. The summed E-state index contributed by atoms with van der Waals surface area (Å²) in [5.74, 6) is 0. The van der Waals surface area contributed by atoms with Gasteiger partial charge in [-0.3, -0.25) is 4.90 Å². The number of morpholine rings is 1. The lowest BCUT2D eigenvalue weighted by Crippen LogP contribution is -2.39. The topological polar surface area (TPSA) is 50.5 Å². The van der Waals surface area contributed by atoms with E-state index in [-0.39, 0.29) is 0 Å². The fraction of sp³-hybridized carbons (Fsp3) is 0.538. The van der Waals surface area contributed by atoms with Crippen molar-refractivity contribution in [3.8, 4) is 0 Å². The summed E-state index contributed by atoms with van der Waals surface area (Å²) in [5, 5.41) is 3.38. The van der Waals surface area contributed by atoms with Crippen LogP contribution in [0.3, 0.4) is 0 Å². The van der Waals surface area contributed by atoms with E-state index in [0.29, 0.717) is 0 Å². The Labute approximate surface area is 103 Å². The van der Waals surface area contributed by atoms with Crippen LogP contribution < -0.4 is 11.1 Å². The molecule has 3 N–H and O–H groups in total. The minimum Gasteiger partial charge on any atom is -0.397 e. The van der Waals surface area contributed by atoms with E-state index in [2.05, 4.69) is 16.3 Å². The van der Waals surface area contributed by atoms with Crippen molar-refractivity contribution in [3.05, 3.63) is 23.8 Å². The SMILES string of the molecule is Cc1ccc(NCCN2CCOCC2)c(N)c1. The molecule has 1 aliphatic heterocycles. The van der Waals surface area contributed by atoms with Gasteiger partial charge in [0.2, 0.25) is 0 Å². The van der Waals surface area contributed by atoms with Crippen molar-refractivity contribution in [3.63, 3.8) is 0 Å². The van der Waals surface area contributed by atoms with Gasteiger partial charge in [0, 0.05) is 26.2 Å². The molecule has 1 heterocycles.